The lowest BCUT2D eigenvalue weighted by atomic mass is 10.0. The molecule has 0 aromatic heterocycles. The van der Waals surface area contributed by atoms with Crippen LogP contribution in [0.2, 0.25) is 0 Å². The van der Waals surface area contributed by atoms with E-state index in [1.54, 1.807) is 31.4 Å². The first-order valence-corrected chi connectivity index (χ1v) is 11.0. The Hall–Kier alpha value is -3.55. The van der Waals surface area contributed by atoms with Crippen LogP contribution in [0.15, 0.2) is 47.6 Å². The second kappa shape index (κ2) is 13.1. The summed E-state index contributed by atoms with van der Waals surface area (Å²) >= 11 is 0. The van der Waals surface area contributed by atoms with Crippen LogP contribution in [0.3, 0.4) is 0 Å². The Balaban J connectivity index is 1.96. The molecular weight excluding hydrogens is 422 g/mol. The highest BCUT2D eigenvalue weighted by molar-refractivity contribution is 5.89. The molecule has 0 aliphatic heterocycles. The molecule has 0 aliphatic rings. The Morgan fingerprint density at radius 1 is 1.06 bits per heavy atom. The molecule has 8 nitrogen and oxygen atoms in total. The third-order valence-electron chi connectivity index (χ3n) is 4.69. The molecule has 2 amide bonds. The van der Waals surface area contributed by atoms with Crippen LogP contribution >= 0.6 is 0 Å². The topological polar surface area (TPSA) is 98.2 Å². The Labute approximate surface area is 195 Å². The van der Waals surface area contributed by atoms with Crippen molar-refractivity contribution in [2.75, 3.05) is 20.3 Å². The lowest BCUT2D eigenvalue weighted by molar-refractivity contribution is -0.130. The Morgan fingerprint density at radius 2 is 1.82 bits per heavy atom. The van der Waals surface area contributed by atoms with Crippen LogP contribution < -0.4 is 25.0 Å². The van der Waals surface area contributed by atoms with E-state index in [0.29, 0.717) is 30.3 Å². The summed E-state index contributed by atoms with van der Waals surface area (Å²) in [5.41, 5.74) is 4.17. The third-order valence-corrected chi connectivity index (χ3v) is 4.69. The summed E-state index contributed by atoms with van der Waals surface area (Å²) in [6.45, 7) is 8.10. The molecule has 33 heavy (non-hydrogen) atoms. The highest BCUT2D eigenvalue weighted by atomic mass is 16.5. The highest BCUT2D eigenvalue weighted by Crippen LogP contribution is 2.27. The minimum atomic E-state index is -0.731. The van der Waals surface area contributed by atoms with Crippen LogP contribution in [-0.4, -0.2) is 44.4 Å². The zero-order chi connectivity index (χ0) is 24.2. The molecule has 2 aromatic rings. The Bertz CT molecular complexity index is 959. The number of para-hydroxylation sites is 1. The molecule has 2 aromatic carbocycles. The minimum Gasteiger partial charge on any atom is -0.493 e. The molecular formula is C25H33N3O5. The number of rotatable bonds is 12. The monoisotopic (exact) mass is 455 g/mol. The van der Waals surface area contributed by atoms with Gasteiger partial charge in [-0.05, 0) is 61.6 Å². The van der Waals surface area contributed by atoms with Gasteiger partial charge in [0, 0.05) is 0 Å². The molecule has 0 saturated carbocycles. The second-order valence-electron chi connectivity index (χ2n) is 7.88. The fourth-order valence-electron chi connectivity index (χ4n) is 3.09. The van der Waals surface area contributed by atoms with Crippen LogP contribution in [0.25, 0.3) is 0 Å². The van der Waals surface area contributed by atoms with Gasteiger partial charge >= 0.3 is 0 Å². The first kappa shape index (κ1) is 25.7. The summed E-state index contributed by atoms with van der Waals surface area (Å²) < 4.78 is 16.4. The number of benzene rings is 2. The minimum absolute atomic E-state index is 0.179. The van der Waals surface area contributed by atoms with Gasteiger partial charge in [-0.15, -0.1) is 0 Å². The van der Waals surface area contributed by atoms with Crippen molar-refractivity contribution >= 4 is 18.0 Å². The largest absolute Gasteiger partial charge is 0.493 e. The number of hydrazone groups is 1. The molecule has 0 heterocycles. The number of nitrogens with zero attached hydrogens (tertiary/aromatic N) is 1. The molecule has 178 valence electrons. The Kier molecular flexibility index (Phi) is 10.2. The summed E-state index contributed by atoms with van der Waals surface area (Å²) in [4.78, 5) is 25.1. The predicted octanol–water partition coefficient (Wildman–Crippen LogP) is 3.46. The highest BCUT2D eigenvalue weighted by Gasteiger charge is 2.22. The van der Waals surface area contributed by atoms with Crippen molar-refractivity contribution < 1.29 is 23.8 Å². The van der Waals surface area contributed by atoms with E-state index in [0.717, 1.165) is 11.1 Å². The molecule has 0 fully saturated rings. The number of methoxy groups -OCH3 is 1. The zero-order valence-corrected chi connectivity index (χ0v) is 19.9. The quantitative estimate of drug-likeness (QED) is 0.377. The fourth-order valence-corrected chi connectivity index (χ4v) is 3.09. The molecule has 2 N–H and O–H groups in total. The molecule has 2 rings (SSSR count). The molecule has 0 radical (unpaired) electrons. The standard InChI is InChI=1S/C25H33N3O5/c1-6-32-22-12-11-19(14-23(22)31-5)15-26-28-25(30)20(13-17(2)3)27-24(29)16-33-21-10-8-7-9-18(21)4/h7-12,14-15,17,20H,6,13,16H2,1-5H3,(H,27,29)(H,28,30)/b26-15-/t20-/m1/s1. The molecule has 1 atom stereocenters. The number of hydrogen-bond acceptors (Lipinski definition) is 6. The molecule has 0 bridgehead atoms. The number of amides is 2. The average Bonchev–Trinajstić information content (AvgIpc) is 2.78. The van der Waals surface area contributed by atoms with E-state index >= 15 is 0 Å². The van der Waals surface area contributed by atoms with Crippen molar-refractivity contribution in [3.8, 4) is 17.2 Å². The van der Waals surface area contributed by atoms with Gasteiger partial charge in [0.25, 0.3) is 11.8 Å². The summed E-state index contributed by atoms with van der Waals surface area (Å²) in [6, 6.07) is 12.1. The van der Waals surface area contributed by atoms with Crippen LogP contribution in [0.1, 0.15) is 38.3 Å². The number of hydrogen-bond donors (Lipinski definition) is 2. The van der Waals surface area contributed by atoms with Crippen molar-refractivity contribution in [2.24, 2.45) is 11.0 Å². The fraction of sp³-hybridized carbons (Fsp3) is 0.400. The summed E-state index contributed by atoms with van der Waals surface area (Å²) in [5.74, 6) is 1.26. The van der Waals surface area contributed by atoms with Crippen LogP contribution in [-0.2, 0) is 9.59 Å². The van der Waals surface area contributed by atoms with Crippen molar-refractivity contribution in [1.82, 2.24) is 10.7 Å². The first-order chi connectivity index (χ1) is 15.8. The van der Waals surface area contributed by atoms with E-state index in [2.05, 4.69) is 15.8 Å². The summed E-state index contributed by atoms with van der Waals surface area (Å²) in [6.07, 6.45) is 1.97. The lowest BCUT2D eigenvalue weighted by Gasteiger charge is -2.19. The second-order valence-corrected chi connectivity index (χ2v) is 7.88. The normalized spacial score (nSPS) is 11.8. The van der Waals surface area contributed by atoms with E-state index in [1.165, 1.54) is 6.21 Å². The van der Waals surface area contributed by atoms with E-state index in [4.69, 9.17) is 14.2 Å². The number of carbonyl (C=O) groups excluding carboxylic acids is 2. The van der Waals surface area contributed by atoms with Crippen molar-refractivity contribution in [3.63, 3.8) is 0 Å². The SMILES string of the molecule is CCOc1ccc(/C=N\NC(=O)[C@@H](CC(C)C)NC(=O)COc2ccccc2C)cc1OC. The number of ether oxygens (including phenoxy) is 3. The van der Waals surface area contributed by atoms with E-state index in [1.807, 2.05) is 45.9 Å². The molecule has 0 spiro atoms. The number of carbonyl (C=O) groups is 2. The van der Waals surface area contributed by atoms with Gasteiger partial charge in [0.15, 0.2) is 18.1 Å². The van der Waals surface area contributed by atoms with Gasteiger partial charge in [0.2, 0.25) is 0 Å². The number of nitrogens with one attached hydrogen (secondary N) is 2. The van der Waals surface area contributed by atoms with Crippen molar-refractivity contribution in [1.29, 1.82) is 0 Å². The van der Waals surface area contributed by atoms with Gasteiger partial charge in [0.05, 0.1) is 19.9 Å². The first-order valence-electron chi connectivity index (χ1n) is 11.0. The summed E-state index contributed by atoms with van der Waals surface area (Å²) in [5, 5.41) is 6.77. The zero-order valence-electron chi connectivity index (χ0n) is 19.9. The van der Waals surface area contributed by atoms with Gasteiger partial charge in [0.1, 0.15) is 11.8 Å². The van der Waals surface area contributed by atoms with E-state index in [9.17, 15) is 9.59 Å². The van der Waals surface area contributed by atoms with E-state index in [-0.39, 0.29) is 18.4 Å². The third kappa shape index (κ3) is 8.48. The molecule has 0 aliphatic carbocycles. The van der Waals surface area contributed by atoms with Crippen molar-refractivity contribution in [2.45, 2.75) is 40.2 Å². The van der Waals surface area contributed by atoms with Gasteiger partial charge in [-0.25, -0.2) is 5.43 Å². The maximum atomic E-state index is 12.7. The summed E-state index contributed by atoms with van der Waals surface area (Å²) in [7, 11) is 1.56. The van der Waals surface area contributed by atoms with Gasteiger partial charge in [-0.1, -0.05) is 32.0 Å². The molecule has 8 heteroatoms. The molecule has 0 unspecified atom stereocenters. The van der Waals surface area contributed by atoms with E-state index < -0.39 is 11.9 Å². The van der Waals surface area contributed by atoms with Crippen LogP contribution in [0.5, 0.6) is 17.2 Å². The maximum Gasteiger partial charge on any atom is 0.262 e. The molecule has 0 saturated heterocycles. The van der Waals surface area contributed by atoms with Gasteiger partial charge < -0.3 is 19.5 Å². The van der Waals surface area contributed by atoms with Crippen LogP contribution in [0, 0.1) is 12.8 Å². The van der Waals surface area contributed by atoms with Gasteiger partial charge in [-0.3, -0.25) is 9.59 Å². The smallest absolute Gasteiger partial charge is 0.262 e. The predicted molar refractivity (Wildman–Crippen MR) is 128 cm³/mol. The van der Waals surface area contributed by atoms with Crippen molar-refractivity contribution in [3.05, 3.63) is 53.6 Å². The average molecular weight is 456 g/mol. The number of aryl methyl sites for hydroxylation is 1. The Morgan fingerprint density at radius 3 is 2.48 bits per heavy atom. The maximum absolute atomic E-state index is 12.7. The van der Waals surface area contributed by atoms with Crippen LogP contribution in [0.4, 0.5) is 0 Å². The lowest BCUT2D eigenvalue weighted by Crippen LogP contribution is -2.47. The van der Waals surface area contributed by atoms with Gasteiger partial charge in [-0.2, -0.15) is 5.10 Å².